The standard InChI is InChI=1S/C15H19FN2S2/c1-4-17-10(3)13-9-18-15(20-13)14-11(16)7-6-8-12(14)19-5-2/h6-10,17H,4-5H2,1-3H3. The third-order valence-electron chi connectivity index (χ3n) is 2.95. The zero-order valence-corrected chi connectivity index (χ0v) is 13.6. The van der Waals surface area contributed by atoms with Crippen LogP contribution in [0, 0.1) is 5.82 Å². The van der Waals surface area contributed by atoms with E-state index in [1.165, 1.54) is 6.07 Å². The molecule has 0 aliphatic carbocycles. The quantitative estimate of drug-likeness (QED) is 0.781. The summed E-state index contributed by atoms with van der Waals surface area (Å²) in [5, 5.41) is 4.12. The summed E-state index contributed by atoms with van der Waals surface area (Å²) in [6, 6.07) is 5.47. The molecule has 1 aromatic carbocycles. The van der Waals surface area contributed by atoms with Gasteiger partial charge in [-0.05, 0) is 31.4 Å². The molecule has 0 fully saturated rings. The smallest absolute Gasteiger partial charge is 0.134 e. The molecule has 1 aromatic heterocycles. The van der Waals surface area contributed by atoms with Crippen LogP contribution >= 0.6 is 23.1 Å². The monoisotopic (exact) mass is 310 g/mol. The van der Waals surface area contributed by atoms with Gasteiger partial charge in [-0.3, -0.25) is 0 Å². The third-order valence-corrected chi connectivity index (χ3v) is 5.09. The van der Waals surface area contributed by atoms with Crippen molar-refractivity contribution in [2.45, 2.75) is 31.7 Å². The molecule has 0 aliphatic rings. The minimum absolute atomic E-state index is 0.194. The highest BCUT2D eigenvalue weighted by Gasteiger charge is 2.16. The van der Waals surface area contributed by atoms with E-state index in [2.05, 4.69) is 31.1 Å². The summed E-state index contributed by atoms with van der Waals surface area (Å²) in [5.74, 6) is 0.725. The van der Waals surface area contributed by atoms with E-state index >= 15 is 0 Å². The number of aromatic nitrogens is 1. The van der Waals surface area contributed by atoms with E-state index in [0.29, 0.717) is 5.56 Å². The van der Waals surface area contributed by atoms with Crippen LogP contribution < -0.4 is 5.32 Å². The molecule has 5 heteroatoms. The molecule has 20 heavy (non-hydrogen) atoms. The van der Waals surface area contributed by atoms with E-state index in [1.54, 1.807) is 29.2 Å². The Morgan fingerprint density at radius 1 is 1.40 bits per heavy atom. The maximum atomic E-state index is 14.2. The van der Waals surface area contributed by atoms with E-state index in [0.717, 1.165) is 27.1 Å². The van der Waals surface area contributed by atoms with Crippen LogP contribution in [0.15, 0.2) is 29.3 Å². The second-order valence-corrected chi connectivity index (χ2v) is 6.76. The molecular weight excluding hydrogens is 291 g/mol. The first kappa shape index (κ1) is 15.5. The van der Waals surface area contributed by atoms with Crippen molar-refractivity contribution in [2.75, 3.05) is 12.3 Å². The SMILES string of the molecule is CCNC(C)c1cnc(-c2c(F)cccc2SCC)s1. The van der Waals surface area contributed by atoms with Crippen molar-refractivity contribution in [1.29, 1.82) is 0 Å². The van der Waals surface area contributed by atoms with E-state index in [9.17, 15) is 4.39 Å². The Hall–Kier alpha value is -0.910. The predicted octanol–water partition coefficient (Wildman–Crippen LogP) is 4.73. The van der Waals surface area contributed by atoms with Gasteiger partial charge in [0.1, 0.15) is 10.8 Å². The first-order valence-corrected chi connectivity index (χ1v) is 8.58. The normalized spacial score (nSPS) is 12.6. The molecule has 0 saturated heterocycles. The molecule has 0 bridgehead atoms. The van der Waals surface area contributed by atoms with E-state index in [4.69, 9.17) is 0 Å². The fourth-order valence-corrected chi connectivity index (χ4v) is 3.89. The van der Waals surface area contributed by atoms with Gasteiger partial charge in [0.15, 0.2) is 0 Å². The lowest BCUT2D eigenvalue weighted by Crippen LogP contribution is -2.16. The fourth-order valence-electron chi connectivity index (χ4n) is 2.00. The second-order valence-electron chi connectivity index (χ2n) is 4.39. The number of thioether (sulfide) groups is 1. The van der Waals surface area contributed by atoms with Crippen LogP contribution in [-0.4, -0.2) is 17.3 Å². The molecule has 1 atom stereocenters. The number of hydrogen-bond donors (Lipinski definition) is 1. The lowest BCUT2D eigenvalue weighted by atomic mass is 10.2. The zero-order valence-electron chi connectivity index (χ0n) is 11.9. The molecular formula is C15H19FN2S2. The van der Waals surface area contributed by atoms with Crippen molar-refractivity contribution in [3.05, 3.63) is 35.1 Å². The number of hydrogen-bond acceptors (Lipinski definition) is 4. The Balaban J connectivity index is 2.37. The summed E-state index contributed by atoms with van der Waals surface area (Å²) in [6.45, 7) is 7.15. The van der Waals surface area contributed by atoms with Gasteiger partial charge in [-0.2, -0.15) is 0 Å². The van der Waals surface area contributed by atoms with Crippen LogP contribution in [0.1, 0.15) is 31.7 Å². The molecule has 2 rings (SSSR count). The van der Waals surface area contributed by atoms with Crippen LogP contribution in [0.2, 0.25) is 0 Å². The molecule has 0 aliphatic heterocycles. The Morgan fingerprint density at radius 3 is 2.90 bits per heavy atom. The summed E-state index contributed by atoms with van der Waals surface area (Å²) in [4.78, 5) is 6.52. The van der Waals surface area contributed by atoms with Crippen LogP contribution in [0.4, 0.5) is 4.39 Å². The minimum Gasteiger partial charge on any atom is -0.310 e. The molecule has 2 aromatic rings. The molecule has 0 radical (unpaired) electrons. The van der Waals surface area contributed by atoms with Crippen molar-refractivity contribution in [2.24, 2.45) is 0 Å². The molecule has 108 valence electrons. The highest BCUT2D eigenvalue weighted by Crippen LogP contribution is 2.37. The highest BCUT2D eigenvalue weighted by atomic mass is 32.2. The fraction of sp³-hybridized carbons (Fsp3) is 0.400. The lowest BCUT2D eigenvalue weighted by Gasteiger charge is -2.09. The van der Waals surface area contributed by atoms with Crippen molar-refractivity contribution >= 4 is 23.1 Å². The van der Waals surface area contributed by atoms with Crippen LogP contribution in [0.5, 0.6) is 0 Å². The van der Waals surface area contributed by atoms with Gasteiger partial charge in [-0.1, -0.05) is 19.9 Å². The van der Waals surface area contributed by atoms with Gasteiger partial charge in [0.2, 0.25) is 0 Å². The second kappa shape index (κ2) is 7.20. The highest BCUT2D eigenvalue weighted by molar-refractivity contribution is 7.99. The van der Waals surface area contributed by atoms with Gasteiger partial charge in [0.05, 0.1) is 5.56 Å². The lowest BCUT2D eigenvalue weighted by molar-refractivity contribution is 0.606. The van der Waals surface area contributed by atoms with Gasteiger partial charge < -0.3 is 5.32 Å². The van der Waals surface area contributed by atoms with Gasteiger partial charge in [0, 0.05) is 22.0 Å². The molecule has 1 heterocycles. The van der Waals surface area contributed by atoms with E-state index in [1.807, 2.05) is 12.3 Å². The first-order chi connectivity index (χ1) is 9.67. The summed E-state index contributed by atoms with van der Waals surface area (Å²) in [7, 11) is 0. The van der Waals surface area contributed by atoms with E-state index < -0.39 is 0 Å². The molecule has 0 spiro atoms. The average molecular weight is 310 g/mol. The topological polar surface area (TPSA) is 24.9 Å². The van der Waals surface area contributed by atoms with Crippen molar-refractivity contribution < 1.29 is 4.39 Å². The maximum absolute atomic E-state index is 14.2. The Kier molecular flexibility index (Phi) is 5.57. The number of benzene rings is 1. The molecule has 1 unspecified atom stereocenters. The summed E-state index contributed by atoms with van der Waals surface area (Å²) < 4.78 is 14.2. The maximum Gasteiger partial charge on any atom is 0.134 e. The number of thiazole rings is 1. The number of nitrogens with one attached hydrogen (secondary N) is 1. The van der Waals surface area contributed by atoms with Crippen molar-refractivity contribution in [3.63, 3.8) is 0 Å². The molecule has 1 N–H and O–H groups in total. The van der Waals surface area contributed by atoms with Gasteiger partial charge in [-0.25, -0.2) is 9.37 Å². The van der Waals surface area contributed by atoms with Gasteiger partial charge >= 0.3 is 0 Å². The van der Waals surface area contributed by atoms with Crippen LogP contribution in [0.3, 0.4) is 0 Å². The average Bonchev–Trinajstić information content (AvgIpc) is 2.89. The van der Waals surface area contributed by atoms with Crippen LogP contribution in [0.25, 0.3) is 10.6 Å². The van der Waals surface area contributed by atoms with E-state index in [-0.39, 0.29) is 11.9 Å². The number of halogens is 1. The largest absolute Gasteiger partial charge is 0.310 e. The zero-order chi connectivity index (χ0) is 14.5. The number of nitrogens with zero attached hydrogens (tertiary/aromatic N) is 1. The van der Waals surface area contributed by atoms with Crippen LogP contribution in [-0.2, 0) is 0 Å². The molecule has 0 saturated carbocycles. The Morgan fingerprint density at radius 2 is 2.20 bits per heavy atom. The Bertz CT molecular complexity index is 569. The Labute approximate surface area is 127 Å². The third kappa shape index (κ3) is 3.40. The first-order valence-electron chi connectivity index (χ1n) is 6.78. The summed E-state index contributed by atoms with van der Waals surface area (Å²) in [5.41, 5.74) is 0.638. The number of rotatable bonds is 6. The van der Waals surface area contributed by atoms with Gasteiger partial charge in [0.25, 0.3) is 0 Å². The van der Waals surface area contributed by atoms with Gasteiger partial charge in [-0.15, -0.1) is 23.1 Å². The van der Waals surface area contributed by atoms with Crippen molar-refractivity contribution in [3.8, 4) is 10.6 Å². The summed E-state index contributed by atoms with van der Waals surface area (Å²) >= 11 is 3.21. The van der Waals surface area contributed by atoms with Crippen molar-refractivity contribution in [1.82, 2.24) is 10.3 Å². The molecule has 2 nitrogen and oxygen atoms in total. The predicted molar refractivity (Wildman–Crippen MR) is 86.0 cm³/mol. The molecule has 0 amide bonds. The minimum atomic E-state index is -0.194. The summed E-state index contributed by atoms with van der Waals surface area (Å²) in [6.07, 6.45) is 1.85.